The van der Waals surface area contributed by atoms with Gasteiger partial charge in [0.2, 0.25) is 0 Å². The first kappa shape index (κ1) is 22.9. The molecule has 0 fully saturated rings. The number of benzene rings is 6. The monoisotopic (exact) mass is 478 g/mol. The lowest BCUT2D eigenvalue weighted by atomic mass is 9.90. The van der Waals surface area contributed by atoms with E-state index in [1.54, 1.807) is 0 Å². The molecule has 6 rings (SSSR count). The summed E-state index contributed by atoms with van der Waals surface area (Å²) in [7, 11) is 2.20. The van der Waals surface area contributed by atoms with E-state index in [4.69, 9.17) is 0 Å². The second kappa shape index (κ2) is 10.2. The molecule has 0 spiro atoms. The summed E-state index contributed by atoms with van der Waals surface area (Å²) in [5, 5.41) is 8.79. The molecule has 2 nitrogen and oxygen atoms in total. The first-order valence-corrected chi connectivity index (χ1v) is 12.8. The van der Waals surface area contributed by atoms with Gasteiger partial charge in [-0.15, -0.1) is 0 Å². The molecule has 0 radical (unpaired) electrons. The lowest BCUT2D eigenvalue weighted by Gasteiger charge is -2.26. The molecule has 0 atom stereocenters. The third-order valence-electron chi connectivity index (χ3n) is 7.09. The second-order valence-corrected chi connectivity index (χ2v) is 9.57. The Morgan fingerprint density at radius 2 is 1.05 bits per heavy atom. The van der Waals surface area contributed by atoms with Gasteiger partial charge in [0.1, 0.15) is 0 Å². The topological polar surface area (TPSA) is 15.3 Å². The van der Waals surface area contributed by atoms with Crippen molar-refractivity contribution in [3.63, 3.8) is 0 Å². The van der Waals surface area contributed by atoms with Crippen LogP contribution in [0.3, 0.4) is 0 Å². The van der Waals surface area contributed by atoms with Crippen LogP contribution in [0, 0.1) is 0 Å². The predicted octanol–water partition coefficient (Wildman–Crippen LogP) is 8.91. The molecule has 0 aliphatic rings. The number of hydrogen-bond acceptors (Lipinski definition) is 2. The predicted molar refractivity (Wildman–Crippen MR) is 159 cm³/mol. The molecule has 0 aliphatic heterocycles. The van der Waals surface area contributed by atoms with Gasteiger partial charge in [0.05, 0.1) is 0 Å². The highest BCUT2D eigenvalue weighted by atomic mass is 15.1. The van der Waals surface area contributed by atoms with Crippen molar-refractivity contribution in [3.05, 3.63) is 145 Å². The Morgan fingerprint density at radius 3 is 1.73 bits per heavy atom. The minimum absolute atomic E-state index is 0.770. The van der Waals surface area contributed by atoms with Gasteiger partial charge in [-0.3, -0.25) is 0 Å². The largest absolute Gasteiger partial charge is 0.380 e. The maximum atomic E-state index is 3.78. The molecule has 0 unspecified atom stereocenters. The summed E-state index contributed by atoms with van der Waals surface area (Å²) in [5.74, 6) is 0. The van der Waals surface area contributed by atoms with Gasteiger partial charge in [-0.25, -0.2) is 0 Å². The van der Waals surface area contributed by atoms with E-state index in [1.165, 1.54) is 49.5 Å². The van der Waals surface area contributed by atoms with Crippen LogP contribution in [0.15, 0.2) is 133 Å². The van der Waals surface area contributed by atoms with Crippen LogP contribution < -0.4 is 10.2 Å². The van der Waals surface area contributed by atoms with Crippen LogP contribution in [-0.4, -0.2) is 7.05 Å². The fourth-order valence-corrected chi connectivity index (χ4v) is 5.26. The maximum Gasteiger partial charge on any atom is 0.0453 e. The molecule has 0 bridgehead atoms. The van der Waals surface area contributed by atoms with Gasteiger partial charge in [-0.2, -0.15) is 0 Å². The van der Waals surface area contributed by atoms with Gasteiger partial charge in [0.15, 0.2) is 0 Å². The van der Waals surface area contributed by atoms with Gasteiger partial charge in [0, 0.05) is 42.6 Å². The number of rotatable bonds is 7. The highest BCUT2D eigenvalue weighted by Crippen LogP contribution is 2.44. The summed E-state index contributed by atoms with van der Waals surface area (Å²) in [6.45, 7) is 1.61. The van der Waals surface area contributed by atoms with Crippen LogP contribution in [0.1, 0.15) is 11.1 Å². The zero-order valence-electron chi connectivity index (χ0n) is 21.1. The van der Waals surface area contributed by atoms with E-state index in [9.17, 15) is 0 Å². The molecule has 37 heavy (non-hydrogen) atoms. The standard InChI is InChI=1S/C35H30N2/c1-37(25-27-14-6-3-7-15-27)33-23-21-29-17-9-11-19-31(29)35(33)34-30-18-10-8-16-28(30)20-22-32(34)36-24-26-12-4-2-5-13-26/h2-23,36H,24-25H2,1H3. The van der Waals surface area contributed by atoms with Crippen LogP contribution in [0.5, 0.6) is 0 Å². The van der Waals surface area contributed by atoms with E-state index >= 15 is 0 Å². The molecule has 2 heteroatoms. The molecule has 0 aliphatic carbocycles. The van der Waals surface area contributed by atoms with Crippen molar-refractivity contribution in [1.29, 1.82) is 0 Å². The van der Waals surface area contributed by atoms with Crippen molar-refractivity contribution in [3.8, 4) is 11.1 Å². The lowest BCUT2D eigenvalue weighted by Crippen LogP contribution is -2.17. The van der Waals surface area contributed by atoms with E-state index in [-0.39, 0.29) is 0 Å². The highest BCUT2D eigenvalue weighted by Gasteiger charge is 2.19. The number of fused-ring (bicyclic) bond motifs is 2. The highest BCUT2D eigenvalue weighted by molar-refractivity contribution is 6.13. The van der Waals surface area contributed by atoms with E-state index in [0.717, 1.165) is 18.8 Å². The molecule has 0 amide bonds. The van der Waals surface area contributed by atoms with Crippen molar-refractivity contribution in [1.82, 2.24) is 0 Å². The Bertz CT molecular complexity index is 1660. The van der Waals surface area contributed by atoms with Gasteiger partial charge in [-0.05, 0) is 44.8 Å². The molecule has 0 saturated heterocycles. The third kappa shape index (κ3) is 4.66. The van der Waals surface area contributed by atoms with Crippen LogP contribution >= 0.6 is 0 Å². The zero-order chi connectivity index (χ0) is 25.0. The summed E-state index contributed by atoms with van der Waals surface area (Å²) in [6.07, 6.45) is 0. The SMILES string of the molecule is CN(Cc1ccccc1)c1ccc2ccccc2c1-c1c(NCc2ccccc2)ccc2ccccc12. The Balaban J connectivity index is 1.56. The van der Waals surface area contributed by atoms with Crippen molar-refractivity contribution in [2.24, 2.45) is 0 Å². The summed E-state index contributed by atoms with van der Waals surface area (Å²) in [4.78, 5) is 2.37. The number of anilines is 2. The van der Waals surface area contributed by atoms with Crippen molar-refractivity contribution < 1.29 is 0 Å². The van der Waals surface area contributed by atoms with Gasteiger partial charge in [-0.1, -0.05) is 121 Å². The van der Waals surface area contributed by atoms with Gasteiger partial charge >= 0.3 is 0 Å². The minimum atomic E-state index is 0.770. The zero-order valence-corrected chi connectivity index (χ0v) is 21.1. The molecule has 0 saturated carbocycles. The second-order valence-electron chi connectivity index (χ2n) is 9.57. The Labute approximate surface area is 218 Å². The van der Waals surface area contributed by atoms with Crippen LogP contribution in [-0.2, 0) is 13.1 Å². The smallest absolute Gasteiger partial charge is 0.0453 e. The lowest BCUT2D eigenvalue weighted by molar-refractivity contribution is 0.925. The summed E-state index contributed by atoms with van der Waals surface area (Å²) >= 11 is 0. The summed E-state index contributed by atoms with van der Waals surface area (Å²) in [5.41, 5.74) is 7.45. The molecule has 6 aromatic rings. The number of nitrogens with one attached hydrogen (secondary N) is 1. The Hall–Kier alpha value is -4.56. The summed E-state index contributed by atoms with van der Waals surface area (Å²) in [6, 6.07) is 47.7. The average Bonchev–Trinajstić information content (AvgIpc) is 2.96. The van der Waals surface area contributed by atoms with Crippen LogP contribution in [0.25, 0.3) is 32.7 Å². The molecule has 0 heterocycles. The number of nitrogens with zero attached hydrogens (tertiary/aromatic N) is 1. The quantitative estimate of drug-likeness (QED) is 0.246. The Morgan fingerprint density at radius 1 is 0.514 bits per heavy atom. The van der Waals surface area contributed by atoms with E-state index in [1.807, 2.05) is 0 Å². The van der Waals surface area contributed by atoms with Crippen LogP contribution in [0.4, 0.5) is 11.4 Å². The third-order valence-corrected chi connectivity index (χ3v) is 7.09. The van der Waals surface area contributed by atoms with E-state index < -0.39 is 0 Å². The molecule has 1 N–H and O–H groups in total. The average molecular weight is 479 g/mol. The fourth-order valence-electron chi connectivity index (χ4n) is 5.26. The van der Waals surface area contributed by atoms with Gasteiger partial charge < -0.3 is 10.2 Å². The van der Waals surface area contributed by atoms with Crippen molar-refractivity contribution in [2.45, 2.75) is 13.1 Å². The maximum absolute atomic E-state index is 3.78. The molecule has 6 aromatic carbocycles. The number of hydrogen-bond donors (Lipinski definition) is 1. The van der Waals surface area contributed by atoms with E-state index in [2.05, 4.69) is 151 Å². The van der Waals surface area contributed by atoms with Crippen molar-refractivity contribution in [2.75, 3.05) is 17.3 Å². The molecule has 0 aromatic heterocycles. The van der Waals surface area contributed by atoms with E-state index in [0.29, 0.717) is 0 Å². The normalized spacial score (nSPS) is 11.1. The fraction of sp³-hybridized carbons (Fsp3) is 0.0857. The van der Waals surface area contributed by atoms with Crippen molar-refractivity contribution >= 4 is 32.9 Å². The summed E-state index contributed by atoms with van der Waals surface area (Å²) < 4.78 is 0. The van der Waals surface area contributed by atoms with Crippen LogP contribution in [0.2, 0.25) is 0 Å². The van der Waals surface area contributed by atoms with Gasteiger partial charge in [0.25, 0.3) is 0 Å². The molecular formula is C35H30N2. The Kier molecular flexibility index (Phi) is 6.31. The molecule has 180 valence electrons. The first-order chi connectivity index (χ1) is 18.3. The first-order valence-electron chi connectivity index (χ1n) is 12.8. The molecular weight excluding hydrogens is 448 g/mol. The minimum Gasteiger partial charge on any atom is -0.380 e.